The molecule has 0 saturated heterocycles. The molecule has 1 unspecified atom stereocenters. The van der Waals surface area contributed by atoms with Crippen LogP contribution in [0.1, 0.15) is 26.5 Å². The van der Waals surface area contributed by atoms with Gasteiger partial charge in [0.05, 0.1) is 16.3 Å². The van der Waals surface area contributed by atoms with Crippen LogP contribution in [0.3, 0.4) is 0 Å². The monoisotopic (exact) mass is 392 g/mol. The Morgan fingerprint density at radius 1 is 1.21 bits per heavy atom. The first kappa shape index (κ1) is 18.4. The number of carbonyl (C=O) groups is 2. The minimum Gasteiger partial charge on any atom is -0.448 e. The Kier molecular flexibility index (Phi) is 5.21. The number of nitrogens with zero attached hydrogens (tertiary/aromatic N) is 1. The average molecular weight is 392 g/mol. The Morgan fingerprint density at radius 2 is 2.00 bits per heavy atom. The lowest BCUT2D eigenvalue weighted by atomic mass is 9.98. The number of ether oxygens (including phenoxy) is 1. The fraction of sp³-hybridized carbons (Fsp3) is 0.227. The SMILES string of the molecule is Cc1nc(-c2ccc(CCNC(=O)C3Cc4ccccc4C(=O)O3)cc2)cs1. The lowest BCUT2D eigenvalue weighted by molar-refractivity contribution is -0.130. The number of aryl methyl sites for hydroxylation is 1. The van der Waals surface area contributed by atoms with Gasteiger partial charge >= 0.3 is 5.97 Å². The molecule has 3 aromatic rings. The molecule has 1 aliphatic rings. The van der Waals surface area contributed by atoms with Gasteiger partial charge in [0, 0.05) is 23.9 Å². The van der Waals surface area contributed by atoms with Crippen molar-refractivity contribution >= 4 is 23.2 Å². The zero-order chi connectivity index (χ0) is 19.5. The molecule has 4 rings (SSSR count). The molecule has 0 fully saturated rings. The van der Waals surface area contributed by atoms with Crippen molar-refractivity contribution in [2.45, 2.75) is 25.9 Å². The summed E-state index contributed by atoms with van der Waals surface area (Å²) in [5, 5.41) is 5.97. The number of aromatic nitrogens is 1. The third kappa shape index (κ3) is 3.97. The van der Waals surface area contributed by atoms with E-state index in [2.05, 4.69) is 10.3 Å². The first-order valence-electron chi connectivity index (χ1n) is 9.18. The zero-order valence-electron chi connectivity index (χ0n) is 15.5. The Morgan fingerprint density at radius 3 is 2.75 bits per heavy atom. The van der Waals surface area contributed by atoms with E-state index in [1.54, 1.807) is 23.5 Å². The number of nitrogens with one attached hydrogen (secondary N) is 1. The summed E-state index contributed by atoms with van der Waals surface area (Å²) >= 11 is 1.64. The molecule has 6 heteroatoms. The normalized spacial score (nSPS) is 15.6. The average Bonchev–Trinajstić information content (AvgIpc) is 3.15. The number of rotatable bonds is 5. The van der Waals surface area contributed by atoms with E-state index in [1.807, 2.05) is 48.7 Å². The Bertz CT molecular complexity index is 1010. The van der Waals surface area contributed by atoms with E-state index < -0.39 is 12.1 Å². The molecule has 1 aromatic heterocycles. The Hall–Kier alpha value is -2.99. The van der Waals surface area contributed by atoms with E-state index in [0.29, 0.717) is 24.9 Å². The molecule has 1 atom stereocenters. The van der Waals surface area contributed by atoms with Gasteiger partial charge in [-0.15, -0.1) is 11.3 Å². The molecule has 0 spiro atoms. The Balaban J connectivity index is 1.30. The molecule has 142 valence electrons. The summed E-state index contributed by atoms with van der Waals surface area (Å²) in [6.45, 7) is 2.48. The van der Waals surface area contributed by atoms with Gasteiger partial charge in [0.2, 0.25) is 0 Å². The van der Waals surface area contributed by atoms with Crippen LogP contribution in [0.25, 0.3) is 11.3 Å². The molecule has 0 radical (unpaired) electrons. The molecule has 0 aliphatic carbocycles. The molecular formula is C22H20N2O3S. The highest BCUT2D eigenvalue weighted by atomic mass is 32.1. The van der Waals surface area contributed by atoms with Gasteiger partial charge in [0.1, 0.15) is 0 Å². The second-order valence-corrected chi connectivity index (χ2v) is 7.81. The number of fused-ring (bicyclic) bond motifs is 1. The first-order valence-corrected chi connectivity index (χ1v) is 10.1. The standard InChI is InChI=1S/C22H20N2O3S/c1-14-24-19(13-28-14)16-8-6-15(7-9-16)10-11-23-21(25)20-12-17-4-2-3-5-18(17)22(26)27-20/h2-9,13,20H,10-12H2,1H3,(H,23,25). The lowest BCUT2D eigenvalue weighted by Gasteiger charge is -2.23. The quantitative estimate of drug-likeness (QED) is 0.674. The maximum absolute atomic E-state index is 12.4. The topological polar surface area (TPSA) is 68.3 Å². The molecule has 1 aliphatic heterocycles. The highest BCUT2D eigenvalue weighted by Gasteiger charge is 2.30. The summed E-state index contributed by atoms with van der Waals surface area (Å²) in [6, 6.07) is 15.4. The fourth-order valence-corrected chi connectivity index (χ4v) is 3.88. The number of hydrogen-bond acceptors (Lipinski definition) is 5. The van der Waals surface area contributed by atoms with Crippen LogP contribution < -0.4 is 5.32 Å². The van der Waals surface area contributed by atoms with E-state index in [4.69, 9.17) is 4.74 Å². The molecule has 1 amide bonds. The zero-order valence-corrected chi connectivity index (χ0v) is 16.3. The van der Waals surface area contributed by atoms with Crippen molar-refractivity contribution in [1.29, 1.82) is 0 Å². The molecule has 0 saturated carbocycles. The van der Waals surface area contributed by atoms with Gasteiger partial charge in [-0.2, -0.15) is 0 Å². The van der Waals surface area contributed by atoms with Crippen LogP contribution in [0.4, 0.5) is 0 Å². The van der Waals surface area contributed by atoms with Crippen molar-refractivity contribution in [2.24, 2.45) is 0 Å². The van der Waals surface area contributed by atoms with Crippen LogP contribution >= 0.6 is 11.3 Å². The van der Waals surface area contributed by atoms with Gasteiger partial charge in [-0.05, 0) is 30.5 Å². The maximum atomic E-state index is 12.4. The van der Waals surface area contributed by atoms with Gasteiger partial charge < -0.3 is 10.1 Å². The second kappa shape index (κ2) is 7.94. The number of hydrogen-bond donors (Lipinski definition) is 1. The van der Waals surface area contributed by atoms with Crippen molar-refractivity contribution in [1.82, 2.24) is 10.3 Å². The van der Waals surface area contributed by atoms with Crippen molar-refractivity contribution in [3.8, 4) is 11.3 Å². The predicted molar refractivity (Wildman–Crippen MR) is 108 cm³/mol. The number of thiazole rings is 1. The summed E-state index contributed by atoms with van der Waals surface area (Å²) in [4.78, 5) is 28.9. The van der Waals surface area contributed by atoms with Gasteiger partial charge in [-0.1, -0.05) is 42.5 Å². The largest absolute Gasteiger partial charge is 0.448 e. The second-order valence-electron chi connectivity index (χ2n) is 6.74. The molecule has 5 nitrogen and oxygen atoms in total. The number of amides is 1. The summed E-state index contributed by atoms with van der Waals surface area (Å²) in [7, 11) is 0. The van der Waals surface area contributed by atoms with E-state index in [1.165, 1.54) is 0 Å². The van der Waals surface area contributed by atoms with Gasteiger partial charge in [-0.25, -0.2) is 9.78 Å². The number of carbonyl (C=O) groups excluding carboxylic acids is 2. The predicted octanol–water partition coefficient (Wildman–Crippen LogP) is 3.56. The van der Waals surface area contributed by atoms with Gasteiger partial charge in [0.25, 0.3) is 5.91 Å². The molecular weight excluding hydrogens is 372 g/mol. The van der Waals surface area contributed by atoms with Crippen molar-refractivity contribution in [2.75, 3.05) is 6.54 Å². The molecule has 2 heterocycles. The third-order valence-electron chi connectivity index (χ3n) is 4.77. The minimum atomic E-state index is -0.766. The maximum Gasteiger partial charge on any atom is 0.339 e. The third-order valence-corrected chi connectivity index (χ3v) is 5.54. The number of benzene rings is 2. The van der Waals surface area contributed by atoms with Crippen molar-refractivity contribution < 1.29 is 14.3 Å². The molecule has 2 aromatic carbocycles. The van der Waals surface area contributed by atoms with Crippen LogP contribution in [-0.4, -0.2) is 29.5 Å². The summed E-state index contributed by atoms with van der Waals surface area (Å²) in [6.07, 6.45) is 0.354. The van der Waals surface area contributed by atoms with Crippen LogP contribution in [0.5, 0.6) is 0 Å². The Labute approximate surface area is 167 Å². The summed E-state index contributed by atoms with van der Waals surface area (Å²) in [5.74, 6) is -0.688. The minimum absolute atomic E-state index is 0.252. The van der Waals surface area contributed by atoms with Crippen molar-refractivity contribution in [3.05, 3.63) is 75.6 Å². The van der Waals surface area contributed by atoms with Gasteiger partial charge in [0.15, 0.2) is 6.10 Å². The van der Waals surface area contributed by atoms with Crippen LogP contribution in [0, 0.1) is 6.92 Å². The highest BCUT2D eigenvalue weighted by Crippen LogP contribution is 2.22. The number of esters is 1. The fourth-order valence-electron chi connectivity index (χ4n) is 3.26. The molecule has 28 heavy (non-hydrogen) atoms. The number of cyclic esters (lactones) is 1. The van der Waals surface area contributed by atoms with Crippen molar-refractivity contribution in [3.63, 3.8) is 0 Å². The van der Waals surface area contributed by atoms with Crippen LogP contribution in [0.2, 0.25) is 0 Å². The first-order chi connectivity index (χ1) is 13.6. The van der Waals surface area contributed by atoms with E-state index in [-0.39, 0.29) is 5.91 Å². The molecule has 1 N–H and O–H groups in total. The van der Waals surface area contributed by atoms with Crippen LogP contribution in [-0.2, 0) is 22.4 Å². The van der Waals surface area contributed by atoms with Crippen LogP contribution in [0.15, 0.2) is 53.9 Å². The highest BCUT2D eigenvalue weighted by molar-refractivity contribution is 7.09. The summed E-state index contributed by atoms with van der Waals surface area (Å²) < 4.78 is 5.29. The van der Waals surface area contributed by atoms with E-state index in [0.717, 1.165) is 27.4 Å². The molecule has 0 bridgehead atoms. The van der Waals surface area contributed by atoms with E-state index in [9.17, 15) is 9.59 Å². The van der Waals surface area contributed by atoms with Gasteiger partial charge in [-0.3, -0.25) is 4.79 Å². The van der Waals surface area contributed by atoms with E-state index >= 15 is 0 Å². The summed E-state index contributed by atoms with van der Waals surface area (Å²) in [5.41, 5.74) is 4.60. The lowest BCUT2D eigenvalue weighted by Crippen LogP contribution is -2.42. The smallest absolute Gasteiger partial charge is 0.339 e.